The molecule has 0 saturated heterocycles. The lowest BCUT2D eigenvalue weighted by Crippen LogP contribution is -2.17. The van der Waals surface area contributed by atoms with Crippen LogP contribution < -0.4 is 5.56 Å². The zero-order valence-electron chi connectivity index (χ0n) is 7.53. The lowest BCUT2D eigenvalue weighted by molar-refractivity contribution is 0.850. The van der Waals surface area contributed by atoms with Crippen LogP contribution in [0.2, 0.25) is 0 Å². The number of nitrogens with one attached hydrogen (secondary N) is 1. The maximum Gasteiger partial charge on any atom is 0.255 e. The van der Waals surface area contributed by atoms with Crippen LogP contribution in [0.1, 0.15) is 18.2 Å². The van der Waals surface area contributed by atoms with Crippen molar-refractivity contribution in [2.75, 3.05) is 0 Å². The van der Waals surface area contributed by atoms with Gasteiger partial charge in [-0.2, -0.15) is 10.1 Å². The highest BCUT2D eigenvalue weighted by Gasteiger charge is 2.07. The van der Waals surface area contributed by atoms with Crippen molar-refractivity contribution in [2.45, 2.75) is 20.3 Å². The fourth-order valence-corrected chi connectivity index (χ4v) is 1.46. The van der Waals surface area contributed by atoms with Gasteiger partial charge in [-0.15, -0.1) is 0 Å². The average molecular weight is 178 g/mol. The molecule has 2 rings (SSSR count). The molecule has 0 saturated carbocycles. The van der Waals surface area contributed by atoms with Gasteiger partial charge in [0.15, 0.2) is 0 Å². The first kappa shape index (κ1) is 7.97. The Kier molecular flexibility index (Phi) is 1.65. The minimum Gasteiger partial charge on any atom is -0.291 e. The van der Waals surface area contributed by atoms with E-state index in [0.29, 0.717) is 12.2 Å². The van der Waals surface area contributed by atoms with Crippen molar-refractivity contribution in [1.82, 2.24) is 19.6 Å². The van der Waals surface area contributed by atoms with Crippen molar-refractivity contribution < 1.29 is 0 Å². The summed E-state index contributed by atoms with van der Waals surface area (Å²) in [5.41, 5.74) is 1.55. The van der Waals surface area contributed by atoms with Gasteiger partial charge in [0.2, 0.25) is 5.78 Å². The van der Waals surface area contributed by atoms with Crippen LogP contribution in [0, 0.1) is 6.92 Å². The third kappa shape index (κ3) is 1.04. The second-order valence-electron chi connectivity index (χ2n) is 2.87. The number of H-pyrrole nitrogens is 1. The molecule has 0 atom stereocenters. The number of nitrogens with zero attached hydrogens (tertiary/aromatic N) is 3. The van der Waals surface area contributed by atoms with Crippen molar-refractivity contribution in [2.24, 2.45) is 0 Å². The molecule has 0 fully saturated rings. The van der Waals surface area contributed by atoms with Gasteiger partial charge in [-0.3, -0.25) is 9.78 Å². The van der Waals surface area contributed by atoms with E-state index in [2.05, 4.69) is 15.1 Å². The molecule has 0 amide bonds. The summed E-state index contributed by atoms with van der Waals surface area (Å²) in [6, 6.07) is 0. The number of hydrogen-bond donors (Lipinski definition) is 1. The fraction of sp³-hybridized carbons (Fsp3) is 0.375. The Bertz CT molecular complexity index is 496. The Morgan fingerprint density at radius 2 is 2.38 bits per heavy atom. The van der Waals surface area contributed by atoms with Gasteiger partial charge in [-0.25, -0.2) is 4.52 Å². The maximum atomic E-state index is 11.4. The van der Waals surface area contributed by atoms with Crippen LogP contribution in [0.3, 0.4) is 0 Å². The highest BCUT2D eigenvalue weighted by molar-refractivity contribution is 5.30. The minimum atomic E-state index is -0.0690. The first-order chi connectivity index (χ1) is 6.24. The SMILES string of the molecule is CCc1c(C)n2ncnc2[nH]c1=O. The van der Waals surface area contributed by atoms with Gasteiger partial charge < -0.3 is 0 Å². The van der Waals surface area contributed by atoms with Crippen LogP contribution in [-0.2, 0) is 6.42 Å². The molecule has 0 aromatic carbocycles. The summed E-state index contributed by atoms with van der Waals surface area (Å²) in [7, 11) is 0. The minimum absolute atomic E-state index is 0.0690. The zero-order chi connectivity index (χ0) is 9.42. The van der Waals surface area contributed by atoms with Crippen molar-refractivity contribution in [1.29, 1.82) is 0 Å². The normalized spacial score (nSPS) is 10.9. The van der Waals surface area contributed by atoms with Crippen LogP contribution in [0.5, 0.6) is 0 Å². The Labute approximate surface area is 74.4 Å². The van der Waals surface area contributed by atoms with Crippen molar-refractivity contribution in [3.8, 4) is 0 Å². The molecule has 2 heterocycles. The van der Waals surface area contributed by atoms with Gasteiger partial charge in [-0.1, -0.05) is 6.92 Å². The molecular weight excluding hydrogens is 168 g/mol. The molecule has 0 unspecified atom stereocenters. The van der Waals surface area contributed by atoms with Gasteiger partial charge in [0.25, 0.3) is 5.56 Å². The van der Waals surface area contributed by atoms with Crippen LogP contribution in [0.15, 0.2) is 11.1 Å². The third-order valence-corrected chi connectivity index (χ3v) is 2.16. The number of fused-ring (bicyclic) bond motifs is 1. The molecule has 2 aromatic rings. The fourth-order valence-electron chi connectivity index (χ4n) is 1.46. The van der Waals surface area contributed by atoms with Gasteiger partial charge in [-0.05, 0) is 13.3 Å². The standard InChI is InChI=1S/C8H10N4O/c1-3-6-5(2)12-8(9-4-10-12)11-7(6)13/h4H,3H2,1-2H3,(H,9,10,11,13). The van der Waals surface area contributed by atoms with Crippen LogP contribution in [0.4, 0.5) is 0 Å². The Balaban J connectivity index is 2.93. The summed E-state index contributed by atoms with van der Waals surface area (Å²) >= 11 is 0. The monoisotopic (exact) mass is 178 g/mol. The summed E-state index contributed by atoms with van der Waals surface area (Å²) in [5.74, 6) is 0.500. The van der Waals surface area contributed by atoms with Gasteiger partial charge >= 0.3 is 0 Å². The highest BCUT2D eigenvalue weighted by atomic mass is 16.1. The molecule has 5 nitrogen and oxygen atoms in total. The predicted octanol–water partition coefficient (Wildman–Crippen LogP) is 0.288. The van der Waals surface area contributed by atoms with E-state index in [1.54, 1.807) is 4.52 Å². The number of rotatable bonds is 1. The first-order valence-corrected chi connectivity index (χ1v) is 4.15. The third-order valence-electron chi connectivity index (χ3n) is 2.16. The van der Waals surface area contributed by atoms with Gasteiger partial charge in [0.1, 0.15) is 6.33 Å². The second-order valence-corrected chi connectivity index (χ2v) is 2.87. The van der Waals surface area contributed by atoms with E-state index in [-0.39, 0.29) is 5.56 Å². The van der Waals surface area contributed by atoms with E-state index in [0.717, 1.165) is 11.3 Å². The molecule has 0 aliphatic rings. The number of aromatic nitrogens is 4. The lowest BCUT2D eigenvalue weighted by atomic mass is 10.2. The predicted molar refractivity (Wildman–Crippen MR) is 47.7 cm³/mol. The lowest BCUT2D eigenvalue weighted by Gasteiger charge is -2.02. The zero-order valence-corrected chi connectivity index (χ0v) is 7.53. The summed E-state index contributed by atoms with van der Waals surface area (Å²) in [4.78, 5) is 18.0. The van der Waals surface area contributed by atoms with E-state index in [9.17, 15) is 4.79 Å². The summed E-state index contributed by atoms with van der Waals surface area (Å²) < 4.78 is 1.64. The van der Waals surface area contributed by atoms with Gasteiger partial charge in [0.05, 0.1) is 5.69 Å². The van der Waals surface area contributed by atoms with E-state index in [4.69, 9.17) is 0 Å². The second kappa shape index (κ2) is 2.69. The van der Waals surface area contributed by atoms with E-state index < -0.39 is 0 Å². The molecule has 68 valence electrons. The average Bonchev–Trinajstić information content (AvgIpc) is 2.53. The smallest absolute Gasteiger partial charge is 0.255 e. The molecule has 0 radical (unpaired) electrons. The Morgan fingerprint density at radius 3 is 3.08 bits per heavy atom. The number of aryl methyl sites for hydroxylation is 1. The van der Waals surface area contributed by atoms with E-state index >= 15 is 0 Å². The van der Waals surface area contributed by atoms with E-state index in [1.807, 2.05) is 13.8 Å². The largest absolute Gasteiger partial charge is 0.291 e. The van der Waals surface area contributed by atoms with Gasteiger partial charge in [0, 0.05) is 5.56 Å². The molecule has 0 aliphatic carbocycles. The molecule has 1 N–H and O–H groups in total. The van der Waals surface area contributed by atoms with Crippen LogP contribution in [-0.4, -0.2) is 19.6 Å². The van der Waals surface area contributed by atoms with Crippen LogP contribution in [0.25, 0.3) is 5.78 Å². The Hall–Kier alpha value is -1.65. The molecule has 5 heteroatoms. The molecular formula is C8H10N4O. The summed E-state index contributed by atoms with van der Waals surface area (Å²) in [6.45, 7) is 3.82. The Morgan fingerprint density at radius 1 is 1.62 bits per heavy atom. The number of hydrogen-bond acceptors (Lipinski definition) is 3. The van der Waals surface area contributed by atoms with Crippen LogP contribution >= 0.6 is 0 Å². The molecule has 2 aromatic heterocycles. The summed E-state index contributed by atoms with van der Waals surface area (Å²) in [5, 5.41) is 4.00. The molecule has 0 bridgehead atoms. The quantitative estimate of drug-likeness (QED) is 0.682. The molecule has 13 heavy (non-hydrogen) atoms. The van der Waals surface area contributed by atoms with E-state index in [1.165, 1.54) is 6.33 Å². The van der Waals surface area contributed by atoms with Crippen molar-refractivity contribution in [3.05, 3.63) is 27.9 Å². The molecule has 0 aliphatic heterocycles. The van der Waals surface area contributed by atoms with Crippen molar-refractivity contribution in [3.63, 3.8) is 0 Å². The van der Waals surface area contributed by atoms with Crippen molar-refractivity contribution >= 4 is 5.78 Å². The maximum absolute atomic E-state index is 11.4. The number of aromatic amines is 1. The first-order valence-electron chi connectivity index (χ1n) is 4.15. The summed E-state index contributed by atoms with van der Waals surface area (Å²) in [6.07, 6.45) is 2.13. The molecule has 0 spiro atoms. The topological polar surface area (TPSA) is 63.1 Å². The highest BCUT2D eigenvalue weighted by Crippen LogP contribution is 2.02.